The molecule has 3 nitrogen and oxygen atoms in total. The minimum Gasteiger partial charge on any atom is -0.291 e. The van der Waals surface area contributed by atoms with Crippen LogP contribution in [-0.2, 0) is 0 Å². The third kappa shape index (κ3) is 5.71. The number of thiophene rings is 1. The fourth-order valence-electron chi connectivity index (χ4n) is 10.9. The second-order valence-corrected chi connectivity index (χ2v) is 19.2. The van der Waals surface area contributed by atoms with Crippen LogP contribution in [0.25, 0.3) is 146 Å². The van der Waals surface area contributed by atoms with Crippen LogP contribution in [0, 0.1) is 0 Å². The van der Waals surface area contributed by atoms with Crippen LogP contribution in [0.2, 0.25) is 0 Å². The van der Waals surface area contributed by atoms with Crippen LogP contribution in [0.3, 0.4) is 0 Å². The molecule has 0 saturated carbocycles. The van der Waals surface area contributed by atoms with Crippen molar-refractivity contribution in [1.29, 1.82) is 0 Å². The molecule has 15 rings (SSSR count). The Morgan fingerprint density at radius 2 is 0.897 bits per heavy atom. The monoisotopic (exact) mass is 879 g/mol. The fourth-order valence-corrected chi connectivity index (χ4v) is 12.1. The van der Waals surface area contributed by atoms with Gasteiger partial charge in [-0.05, 0) is 136 Å². The van der Waals surface area contributed by atoms with Crippen molar-refractivity contribution in [2.45, 2.75) is 0 Å². The van der Waals surface area contributed by atoms with Crippen molar-refractivity contribution < 1.29 is 0 Å². The van der Waals surface area contributed by atoms with E-state index in [-0.39, 0.29) is 0 Å². The number of benzene rings is 11. The van der Waals surface area contributed by atoms with Gasteiger partial charge in [0.1, 0.15) is 0 Å². The van der Waals surface area contributed by atoms with Gasteiger partial charge >= 0.3 is 0 Å². The number of rotatable bonds is 4. The molecule has 314 valence electrons. The second kappa shape index (κ2) is 14.4. The highest BCUT2D eigenvalue weighted by atomic mass is 32.1. The van der Waals surface area contributed by atoms with Crippen LogP contribution in [0.4, 0.5) is 0 Å². The summed E-state index contributed by atoms with van der Waals surface area (Å²) in [5.41, 5.74) is 13.6. The largest absolute Gasteiger partial charge is 0.291 e. The van der Waals surface area contributed by atoms with Crippen molar-refractivity contribution in [2.75, 3.05) is 0 Å². The van der Waals surface area contributed by atoms with Crippen molar-refractivity contribution in [3.63, 3.8) is 0 Å². The summed E-state index contributed by atoms with van der Waals surface area (Å²) in [7, 11) is 0. The Labute approximate surface area is 394 Å². The molecule has 0 spiro atoms. The van der Waals surface area contributed by atoms with Crippen LogP contribution in [0.1, 0.15) is 0 Å². The highest BCUT2D eigenvalue weighted by Gasteiger charge is 2.20. The lowest BCUT2D eigenvalue weighted by Crippen LogP contribution is -1.93. The van der Waals surface area contributed by atoms with Gasteiger partial charge in [-0.25, -0.2) is 4.98 Å². The fraction of sp³-hybridized carbons (Fsp3) is 0. The topological polar surface area (TPSA) is 30.2 Å². The van der Waals surface area contributed by atoms with E-state index in [4.69, 9.17) is 9.97 Å². The average Bonchev–Trinajstić information content (AvgIpc) is 3.95. The summed E-state index contributed by atoms with van der Waals surface area (Å²) < 4.78 is 4.89. The predicted molar refractivity (Wildman–Crippen MR) is 290 cm³/mol. The summed E-state index contributed by atoms with van der Waals surface area (Å²) in [5.74, 6) is 0. The Hall–Kier alpha value is -8.70. The summed E-state index contributed by atoms with van der Waals surface area (Å²) in [6, 6.07) is 80.3. The smallest absolute Gasteiger partial charge is 0.156 e. The molecule has 0 aliphatic carbocycles. The molecule has 0 atom stereocenters. The first-order valence-corrected chi connectivity index (χ1v) is 24.0. The third-order valence-electron chi connectivity index (χ3n) is 14.3. The summed E-state index contributed by atoms with van der Waals surface area (Å²) in [4.78, 5) is 10.3. The molecule has 0 radical (unpaired) electrons. The first kappa shape index (κ1) is 37.5. The Balaban J connectivity index is 0.842. The molecule has 0 bridgehead atoms. The zero-order valence-corrected chi connectivity index (χ0v) is 37.4. The van der Waals surface area contributed by atoms with Crippen molar-refractivity contribution in [1.82, 2.24) is 14.4 Å². The molecule has 0 aliphatic rings. The zero-order chi connectivity index (χ0) is 44.5. The summed E-state index contributed by atoms with van der Waals surface area (Å²) in [6.07, 6.45) is 1.98. The van der Waals surface area contributed by atoms with E-state index < -0.39 is 0 Å². The maximum Gasteiger partial charge on any atom is 0.156 e. The molecule has 0 fully saturated rings. The molecular weight excluding hydrogens is 843 g/mol. The number of hydrogen-bond acceptors (Lipinski definition) is 3. The molecule has 11 aromatic carbocycles. The zero-order valence-electron chi connectivity index (χ0n) is 36.6. The van der Waals surface area contributed by atoms with Gasteiger partial charge in [0.2, 0.25) is 0 Å². The van der Waals surface area contributed by atoms with E-state index in [9.17, 15) is 0 Å². The number of hydrogen-bond donors (Lipinski definition) is 0. The highest BCUT2D eigenvalue weighted by Crippen LogP contribution is 2.44. The summed E-state index contributed by atoms with van der Waals surface area (Å²) >= 11 is 1.85. The van der Waals surface area contributed by atoms with Crippen molar-refractivity contribution >= 4 is 113 Å². The minimum atomic E-state index is 0.999. The first-order valence-electron chi connectivity index (χ1n) is 23.2. The van der Waals surface area contributed by atoms with Crippen LogP contribution in [0.15, 0.2) is 225 Å². The van der Waals surface area contributed by atoms with E-state index in [1.54, 1.807) is 0 Å². The second-order valence-electron chi connectivity index (χ2n) is 18.2. The molecule has 15 aromatic rings. The number of nitrogens with zero attached hydrogens (tertiary/aromatic N) is 3. The van der Waals surface area contributed by atoms with Crippen molar-refractivity contribution in [2.24, 2.45) is 0 Å². The van der Waals surface area contributed by atoms with Gasteiger partial charge < -0.3 is 0 Å². The molecule has 0 amide bonds. The molecule has 0 unspecified atom stereocenters. The van der Waals surface area contributed by atoms with Gasteiger partial charge in [0.15, 0.2) is 5.65 Å². The lowest BCUT2D eigenvalue weighted by atomic mass is 9.91. The van der Waals surface area contributed by atoms with Gasteiger partial charge in [-0.15, -0.1) is 11.3 Å². The van der Waals surface area contributed by atoms with Crippen LogP contribution in [-0.4, -0.2) is 14.4 Å². The Morgan fingerprint density at radius 3 is 1.59 bits per heavy atom. The average molecular weight is 880 g/mol. The molecular formula is C64H37N3S. The minimum absolute atomic E-state index is 0.999. The molecule has 0 aliphatic heterocycles. The Kier molecular flexibility index (Phi) is 7.94. The standard InChI is InChI=1S/C64H37N3S/c1-2-10-43-30-49-34-61-59(33-48(49)29-42(43)9-1)66-64-63-57(56-31-44-11-3-4-12-45(44)35-62(56)68-63)36-60(67(61)64)41-23-21-40(22-24-41)52-28-27-51(53-15-7-8-16-54(52)53)39-19-17-38(18-20-39)46-25-26-55-50-14-6-5-13-47(50)37-65-58(55)32-46/h1-37H. The Bertz CT molecular complexity index is 4580. The van der Waals surface area contributed by atoms with E-state index in [0.717, 1.165) is 44.4 Å². The lowest BCUT2D eigenvalue weighted by molar-refractivity contribution is 1.25. The van der Waals surface area contributed by atoms with Crippen molar-refractivity contribution in [3.8, 4) is 44.6 Å². The first-order chi connectivity index (χ1) is 33.6. The number of aromatic nitrogens is 3. The van der Waals surface area contributed by atoms with Gasteiger partial charge in [0.05, 0.1) is 26.9 Å². The number of imidazole rings is 1. The van der Waals surface area contributed by atoms with E-state index in [1.165, 1.54) is 102 Å². The van der Waals surface area contributed by atoms with Crippen LogP contribution >= 0.6 is 11.3 Å². The number of fused-ring (bicyclic) bond motifs is 14. The SMILES string of the molecule is c1ccc2cc3cc4c(cc3cc2c1)nc1c2sc3cc5ccccc5cc3c2cc(-c2ccc(-c3ccc(-c5ccc(-c6ccc7c(c6)ncc6ccccc67)cc5)c5ccccc35)cc2)n41. The molecule has 4 heteroatoms. The van der Waals surface area contributed by atoms with E-state index in [0.29, 0.717) is 0 Å². The van der Waals surface area contributed by atoms with Crippen LogP contribution < -0.4 is 0 Å². The van der Waals surface area contributed by atoms with Gasteiger partial charge in [-0.2, -0.15) is 0 Å². The van der Waals surface area contributed by atoms with Gasteiger partial charge in [0.25, 0.3) is 0 Å². The lowest BCUT2D eigenvalue weighted by Gasteiger charge is -2.14. The molecule has 0 N–H and O–H groups in total. The third-order valence-corrected chi connectivity index (χ3v) is 15.5. The maximum absolute atomic E-state index is 5.47. The van der Waals surface area contributed by atoms with Crippen LogP contribution in [0.5, 0.6) is 0 Å². The molecule has 68 heavy (non-hydrogen) atoms. The number of pyridine rings is 2. The maximum atomic E-state index is 5.47. The van der Waals surface area contributed by atoms with Gasteiger partial charge in [0, 0.05) is 32.4 Å². The predicted octanol–water partition coefficient (Wildman–Crippen LogP) is 17.8. The summed E-state index contributed by atoms with van der Waals surface area (Å²) in [6.45, 7) is 0. The van der Waals surface area contributed by atoms with Gasteiger partial charge in [-0.3, -0.25) is 9.38 Å². The molecule has 4 heterocycles. The molecule has 4 aromatic heterocycles. The van der Waals surface area contributed by atoms with E-state index in [1.807, 2.05) is 17.5 Å². The Morgan fingerprint density at radius 1 is 0.338 bits per heavy atom. The summed E-state index contributed by atoms with van der Waals surface area (Å²) in [5, 5.41) is 16.0. The van der Waals surface area contributed by atoms with Gasteiger partial charge in [-0.1, -0.05) is 170 Å². The van der Waals surface area contributed by atoms with E-state index >= 15 is 0 Å². The quantitative estimate of drug-likeness (QED) is 0.130. The van der Waals surface area contributed by atoms with Crippen molar-refractivity contribution in [3.05, 3.63) is 225 Å². The molecule has 0 saturated heterocycles. The van der Waals surface area contributed by atoms with E-state index in [2.05, 4.69) is 223 Å². The normalized spacial score (nSPS) is 12.1. The highest BCUT2D eigenvalue weighted by molar-refractivity contribution is 7.26.